The van der Waals surface area contributed by atoms with E-state index in [0.717, 1.165) is 13.0 Å². The van der Waals surface area contributed by atoms with Gasteiger partial charge >= 0.3 is 0 Å². The lowest BCUT2D eigenvalue weighted by atomic mass is 9.86. The average Bonchev–Trinajstić information content (AvgIpc) is 2.47. The van der Waals surface area contributed by atoms with Gasteiger partial charge in [-0.1, -0.05) is 45.7 Å². The maximum Gasteiger partial charge on any atom is 0.269 e. The van der Waals surface area contributed by atoms with Gasteiger partial charge in [0.2, 0.25) is 0 Å². The number of benzene rings is 1. The largest absolute Gasteiger partial charge is 0.314 e. The zero-order valence-corrected chi connectivity index (χ0v) is 13.5. The molecule has 0 amide bonds. The summed E-state index contributed by atoms with van der Waals surface area (Å²) >= 11 is 0. The lowest BCUT2D eigenvalue weighted by Gasteiger charge is -2.28. The third-order valence-electron chi connectivity index (χ3n) is 3.96. The maximum atomic E-state index is 10.7. The molecule has 0 aliphatic heterocycles. The fraction of sp³-hybridized carbons (Fsp3) is 0.647. The zero-order valence-electron chi connectivity index (χ0n) is 13.5. The van der Waals surface area contributed by atoms with Crippen molar-refractivity contribution in [2.45, 2.75) is 58.9 Å². The van der Waals surface area contributed by atoms with Gasteiger partial charge in [-0.05, 0) is 37.3 Å². The highest BCUT2D eigenvalue weighted by Gasteiger charge is 2.20. The SMILES string of the molecule is CCCC(CCC)C(Cc1ccc([N+](=O)[O-])cc1)NCC. The second kappa shape index (κ2) is 9.50. The van der Waals surface area contributed by atoms with E-state index in [9.17, 15) is 10.1 Å². The Hall–Kier alpha value is -1.42. The summed E-state index contributed by atoms with van der Waals surface area (Å²) in [4.78, 5) is 10.4. The summed E-state index contributed by atoms with van der Waals surface area (Å²) in [5, 5.41) is 14.3. The van der Waals surface area contributed by atoms with Crippen LogP contribution in [-0.4, -0.2) is 17.5 Å². The van der Waals surface area contributed by atoms with Gasteiger partial charge in [0.1, 0.15) is 0 Å². The predicted molar refractivity (Wildman–Crippen MR) is 87.6 cm³/mol. The minimum atomic E-state index is -0.345. The summed E-state index contributed by atoms with van der Waals surface area (Å²) in [6, 6.07) is 7.44. The minimum absolute atomic E-state index is 0.164. The molecule has 1 unspecified atom stereocenters. The van der Waals surface area contributed by atoms with Gasteiger partial charge in [-0.15, -0.1) is 0 Å². The van der Waals surface area contributed by atoms with Crippen LogP contribution in [0.2, 0.25) is 0 Å². The minimum Gasteiger partial charge on any atom is -0.314 e. The van der Waals surface area contributed by atoms with E-state index in [1.165, 1.54) is 31.2 Å². The molecule has 1 aromatic carbocycles. The molecule has 0 aliphatic rings. The van der Waals surface area contributed by atoms with E-state index in [0.29, 0.717) is 12.0 Å². The predicted octanol–water partition coefficient (Wildman–Crippen LogP) is 4.33. The number of hydrogen-bond donors (Lipinski definition) is 1. The van der Waals surface area contributed by atoms with Crippen LogP contribution in [0.3, 0.4) is 0 Å². The average molecular weight is 292 g/mol. The number of rotatable bonds is 10. The zero-order chi connectivity index (χ0) is 15.7. The molecule has 0 radical (unpaired) electrons. The first-order valence-electron chi connectivity index (χ1n) is 8.09. The van der Waals surface area contributed by atoms with Crippen molar-refractivity contribution in [1.29, 1.82) is 0 Å². The van der Waals surface area contributed by atoms with E-state index >= 15 is 0 Å². The molecule has 0 fully saturated rings. The van der Waals surface area contributed by atoms with Gasteiger partial charge in [0.05, 0.1) is 4.92 Å². The molecule has 0 aromatic heterocycles. The van der Waals surface area contributed by atoms with E-state index in [-0.39, 0.29) is 10.6 Å². The van der Waals surface area contributed by atoms with Gasteiger partial charge < -0.3 is 5.32 Å². The van der Waals surface area contributed by atoms with E-state index < -0.39 is 0 Å². The summed E-state index contributed by atoms with van der Waals surface area (Å²) in [7, 11) is 0. The molecule has 0 spiro atoms. The van der Waals surface area contributed by atoms with Crippen LogP contribution in [0.25, 0.3) is 0 Å². The Morgan fingerprint density at radius 1 is 1.10 bits per heavy atom. The molecule has 0 aliphatic carbocycles. The molecule has 0 heterocycles. The summed E-state index contributed by atoms with van der Waals surface area (Å²) in [6.45, 7) is 7.56. The Labute approximate surface area is 128 Å². The Balaban J connectivity index is 2.77. The van der Waals surface area contributed by atoms with Crippen LogP contribution >= 0.6 is 0 Å². The molecule has 1 atom stereocenters. The summed E-state index contributed by atoms with van der Waals surface area (Å²) in [5.41, 5.74) is 1.33. The Morgan fingerprint density at radius 2 is 1.67 bits per heavy atom. The number of nitro benzene ring substituents is 1. The Bertz CT molecular complexity index is 411. The smallest absolute Gasteiger partial charge is 0.269 e. The second-order valence-corrected chi connectivity index (χ2v) is 5.63. The first-order chi connectivity index (χ1) is 10.1. The van der Waals surface area contributed by atoms with Gasteiger partial charge in [0.25, 0.3) is 5.69 Å². The number of nitrogens with one attached hydrogen (secondary N) is 1. The number of non-ortho nitro benzene ring substituents is 1. The van der Waals surface area contributed by atoms with Crippen molar-refractivity contribution in [3.63, 3.8) is 0 Å². The van der Waals surface area contributed by atoms with E-state index in [1.54, 1.807) is 12.1 Å². The topological polar surface area (TPSA) is 55.2 Å². The standard InChI is InChI=1S/C17H28N2O2/c1-4-7-15(8-5-2)17(18-6-3)13-14-9-11-16(12-10-14)19(20)21/h9-12,15,17-18H,4-8,13H2,1-3H3. The van der Waals surface area contributed by atoms with Crippen molar-refractivity contribution >= 4 is 5.69 Å². The first kappa shape index (κ1) is 17.6. The molecule has 1 aromatic rings. The third kappa shape index (κ3) is 5.84. The van der Waals surface area contributed by atoms with Gasteiger partial charge in [0, 0.05) is 18.2 Å². The van der Waals surface area contributed by atoms with E-state index in [4.69, 9.17) is 0 Å². The Kier molecular flexibility index (Phi) is 7.98. The lowest BCUT2D eigenvalue weighted by molar-refractivity contribution is -0.384. The number of nitro groups is 1. The van der Waals surface area contributed by atoms with Gasteiger partial charge in [0.15, 0.2) is 0 Å². The van der Waals surface area contributed by atoms with Crippen LogP contribution in [0.4, 0.5) is 5.69 Å². The quantitative estimate of drug-likeness (QED) is 0.516. The van der Waals surface area contributed by atoms with Crippen molar-refractivity contribution in [1.82, 2.24) is 5.32 Å². The summed E-state index contributed by atoms with van der Waals surface area (Å²) in [6.07, 6.45) is 5.81. The van der Waals surface area contributed by atoms with Crippen LogP contribution in [0, 0.1) is 16.0 Å². The molecule has 118 valence electrons. The first-order valence-corrected chi connectivity index (χ1v) is 8.09. The highest BCUT2D eigenvalue weighted by molar-refractivity contribution is 5.33. The van der Waals surface area contributed by atoms with E-state index in [1.807, 2.05) is 12.1 Å². The van der Waals surface area contributed by atoms with Crippen LogP contribution in [0.1, 0.15) is 52.0 Å². The molecule has 4 heteroatoms. The van der Waals surface area contributed by atoms with Crippen LogP contribution in [0.15, 0.2) is 24.3 Å². The highest BCUT2D eigenvalue weighted by atomic mass is 16.6. The molecule has 0 saturated carbocycles. The summed E-state index contributed by atoms with van der Waals surface area (Å²) < 4.78 is 0. The van der Waals surface area contributed by atoms with Gasteiger partial charge in [-0.25, -0.2) is 0 Å². The van der Waals surface area contributed by atoms with Crippen LogP contribution in [0.5, 0.6) is 0 Å². The molecule has 0 saturated heterocycles. The second-order valence-electron chi connectivity index (χ2n) is 5.63. The maximum absolute atomic E-state index is 10.7. The highest BCUT2D eigenvalue weighted by Crippen LogP contribution is 2.22. The Morgan fingerprint density at radius 3 is 2.10 bits per heavy atom. The molecule has 0 bridgehead atoms. The van der Waals surface area contributed by atoms with Gasteiger partial charge in [-0.3, -0.25) is 10.1 Å². The van der Waals surface area contributed by atoms with E-state index in [2.05, 4.69) is 26.1 Å². The molecular weight excluding hydrogens is 264 g/mol. The fourth-order valence-corrected chi connectivity index (χ4v) is 2.96. The summed E-state index contributed by atoms with van der Waals surface area (Å²) in [5.74, 6) is 0.676. The van der Waals surface area contributed by atoms with Gasteiger partial charge in [-0.2, -0.15) is 0 Å². The monoisotopic (exact) mass is 292 g/mol. The number of nitrogens with zero attached hydrogens (tertiary/aromatic N) is 1. The normalized spacial score (nSPS) is 12.6. The van der Waals surface area contributed by atoms with Crippen molar-refractivity contribution < 1.29 is 4.92 Å². The third-order valence-corrected chi connectivity index (χ3v) is 3.96. The van der Waals surface area contributed by atoms with Crippen LogP contribution < -0.4 is 5.32 Å². The van der Waals surface area contributed by atoms with Crippen molar-refractivity contribution in [3.05, 3.63) is 39.9 Å². The molecule has 1 rings (SSSR count). The molecule has 21 heavy (non-hydrogen) atoms. The molecule has 1 N–H and O–H groups in total. The number of likely N-dealkylation sites (N-methyl/N-ethyl adjacent to an activating group) is 1. The van der Waals surface area contributed by atoms with Crippen LogP contribution in [-0.2, 0) is 6.42 Å². The molecule has 4 nitrogen and oxygen atoms in total. The fourth-order valence-electron chi connectivity index (χ4n) is 2.96. The van der Waals surface area contributed by atoms with Crippen molar-refractivity contribution in [2.75, 3.05) is 6.54 Å². The number of hydrogen-bond acceptors (Lipinski definition) is 3. The van der Waals surface area contributed by atoms with Crippen molar-refractivity contribution in [3.8, 4) is 0 Å². The lowest BCUT2D eigenvalue weighted by Crippen LogP contribution is -2.38. The molecular formula is C17H28N2O2. The van der Waals surface area contributed by atoms with Crippen molar-refractivity contribution in [2.24, 2.45) is 5.92 Å².